The zero-order valence-corrected chi connectivity index (χ0v) is 11.0. The van der Waals surface area contributed by atoms with Crippen LogP contribution in [0, 0.1) is 5.82 Å². The summed E-state index contributed by atoms with van der Waals surface area (Å²) in [6.45, 7) is 0. The summed E-state index contributed by atoms with van der Waals surface area (Å²) in [4.78, 5) is 6.89. The molecule has 0 radical (unpaired) electrons. The summed E-state index contributed by atoms with van der Waals surface area (Å²) >= 11 is 0. The monoisotopic (exact) mass is 299 g/mol. The lowest BCUT2D eigenvalue weighted by molar-refractivity contribution is -0.144. The standard InChI is InChI=1S/C14H13F4N3/c15-10-7-3-6-9-11(10)20-13(14(16,17)18)21-12(9)19-8-4-1-2-5-8/h3,6-8H,1-2,4-5H2,(H,19,20,21). The molecule has 1 saturated carbocycles. The van der Waals surface area contributed by atoms with E-state index in [0.717, 1.165) is 31.7 Å². The number of nitrogens with one attached hydrogen (secondary N) is 1. The molecule has 3 rings (SSSR count). The van der Waals surface area contributed by atoms with Crippen molar-refractivity contribution < 1.29 is 17.6 Å². The molecule has 1 aromatic carbocycles. The summed E-state index contributed by atoms with van der Waals surface area (Å²) in [6, 6.07) is 4.13. The second-order valence-electron chi connectivity index (χ2n) is 5.16. The molecule has 0 spiro atoms. The first-order chi connectivity index (χ1) is 9.95. The predicted molar refractivity (Wildman–Crippen MR) is 70.4 cm³/mol. The van der Waals surface area contributed by atoms with E-state index in [9.17, 15) is 17.6 Å². The minimum Gasteiger partial charge on any atom is -0.367 e. The second kappa shape index (κ2) is 5.13. The number of alkyl halides is 3. The van der Waals surface area contributed by atoms with Gasteiger partial charge in [-0.25, -0.2) is 14.4 Å². The van der Waals surface area contributed by atoms with E-state index in [1.807, 2.05) is 0 Å². The number of halogens is 4. The molecular weight excluding hydrogens is 286 g/mol. The van der Waals surface area contributed by atoms with E-state index in [2.05, 4.69) is 15.3 Å². The number of aromatic nitrogens is 2. The third-order valence-electron chi connectivity index (χ3n) is 3.63. The van der Waals surface area contributed by atoms with E-state index in [-0.39, 0.29) is 22.8 Å². The highest BCUT2D eigenvalue weighted by Gasteiger charge is 2.36. The largest absolute Gasteiger partial charge is 0.451 e. The lowest BCUT2D eigenvalue weighted by atomic mass is 10.2. The molecule has 0 saturated heterocycles. The lowest BCUT2D eigenvalue weighted by Gasteiger charge is -2.16. The molecule has 1 N–H and O–H groups in total. The minimum atomic E-state index is -4.71. The van der Waals surface area contributed by atoms with Gasteiger partial charge in [0.25, 0.3) is 0 Å². The third-order valence-corrected chi connectivity index (χ3v) is 3.63. The van der Waals surface area contributed by atoms with Gasteiger partial charge in [-0.1, -0.05) is 18.9 Å². The third kappa shape index (κ3) is 2.77. The van der Waals surface area contributed by atoms with E-state index in [0.29, 0.717) is 0 Å². The van der Waals surface area contributed by atoms with E-state index < -0.39 is 17.8 Å². The second-order valence-corrected chi connectivity index (χ2v) is 5.16. The molecule has 1 heterocycles. The average molecular weight is 299 g/mol. The zero-order chi connectivity index (χ0) is 15.0. The number of hydrogen-bond donors (Lipinski definition) is 1. The maximum Gasteiger partial charge on any atom is 0.451 e. The van der Waals surface area contributed by atoms with Gasteiger partial charge in [-0.2, -0.15) is 13.2 Å². The first kappa shape index (κ1) is 14.0. The fourth-order valence-electron chi connectivity index (χ4n) is 2.62. The van der Waals surface area contributed by atoms with Crippen LogP contribution in [0.25, 0.3) is 10.9 Å². The number of para-hydroxylation sites is 1. The van der Waals surface area contributed by atoms with Crippen LogP contribution in [0.3, 0.4) is 0 Å². The summed E-state index contributed by atoms with van der Waals surface area (Å²) in [5.74, 6) is -2.05. The summed E-state index contributed by atoms with van der Waals surface area (Å²) < 4.78 is 52.4. The van der Waals surface area contributed by atoms with Gasteiger partial charge in [0.05, 0.1) is 0 Å². The van der Waals surface area contributed by atoms with Crippen LogP contribution >= 0.6 is 0 Å². The Morgan fingerprint density at radius 1 is 1.10 bits per heavy atom. The van der Waals surface area contributed by atoms with Crippen molar-refractivity contribution in [2.45, 2.75) is 37.9 Å². The van der Waals surface area contributed by atoms with Crippen LogP contribution in [0.5, 0.6) is 0 Å². The van der Waals surface area contributed by atoms with Gasteiger partial charge in [0.2, 0.25) is 5.82 Å². The van der Waals surface area contributed by atoms with Crippen LogP contribution in [0.15, 0.2) is 18.2 Å². The molecule has 1 aliphatic rings. The highest BCUT2D eigenvalue weighted by atomic mass is 19.4. The molecular formula is C14H13F4N3. The van der Waals surface area contributed by atoms with Crippen molar-refractivity contribution >= 4 is 16.7 Å². The van der Waals surface area contributed by atoms with Gasteiger partial charge in [-0.15, -0.1) is 0 Å². The Balaban J connectivity index is 2.13. The Bertz CT molecular complexity index is 663. The summed E-state index contributed by atoms with van der Waals surface area (Å²) in [5, 5.41) is 3.28. The van der Waals surface area contributed by atoms with E-state index in [1.165, 1.54) is 12.1 Å². The Labute approximate surface area is 118 Å². The van der Waals surface area contributed by atoms with Crippen LogP contribution in [0.4, 0.5) is 23.4 Å². The molecule has 21 heavy (non-hydrogen) atoms. The van der Waals surface area contributed by atoms with Gasteiger partial charge in [-0.3, -0.25) is 0 Å². The molecule has 7 heteroatoms. The van der Waals surface area contributed by atoms with Crippen molar-refractivity contribution in [2.24, 2.45) is 0 Å². The van der Waals surface area contributed by atoms with Crippen LogP contribution in [-0.4, -0.2) is 16.0 Å². The van der Waals surface area contributed by atoms with Crippen molar-refractivity contribution in [2.75, 3.05) is 5.32 Å². The number of nitrogens with zero attached hydrogens (tertiary/aromatic N) is 2. The minimum absolute atomic E-state index is 0.0544. The molecule has 1 fully saturated rings. The maximum atomic E-state index is 13.8. The summed E-state index contributed by atoms with van der Waals surface area (Å²) in [7, 11) is 0. The van der Waals surface area contributed by atoms with Crippen molar-refractivity contribution in [3.8, 4) is 0 Å². The Morgan fingerprint density at radius 2 is 1.81 bits per heavy atom. The van der Waals surface area contributed by atoms with Crippen molar-refractivity contribution in [3.05, 3.63) is 29.8 Å². The Kier molecular flexibility index (Phi) is 3.43. The quantitative estimate of drug-likeness (QED) is 0.847. The lowest BCUT2D eigenvalue weighted by Crippen LogP contribution is -2.19. The number of hydrogen-bond acceptors (Lipinski definition) is 3. The molecule has 0 bridgehead atoms. The van der Waals surface area contributed by atoms with Crippen LogP contribution in [0.2, 0.25) is 0 Å². The van der Waals surface area contributed by atoms with Crippen LogP contribution < -0.4 is 5.32 Å². The maximum absolute atomic E-state index is 13.8. The molecule has 0 aliphatic heterocycles. The van der Waals surface area contributed by atoms with Gasteiger partial charge in [-0.05, 0) is 25.0 Å². The Hall–Kier alpha value is -1.92. The fraction of sp³-hybridized carbons (Fsp3) is 0.429. The molecule has 1 aromatic heterocycles. The van der Waals surface area contributed by atoms with Crippen LogP contribution in [0.1, 0.15) is 31.5 Å². The van der Waals surface area contributed by atoms with Crippen molar-refractivity contribution in [1.29, 1.82) is 0 Å². The van der Waals surface area contributed by atoms with Gasteiger partial charge in [0, 0.05) is 11.4 Å². The van der Waals surface area contributed by atoms with Crippen molar-refractivity contribution in [3.63, 3.8) is 0 Å². The normalized spacial score (nSPS) is 16.6. The van der Waals surface area contributed by atoms with E-state index in [4.69, 9.17) is 0 Å². The molecule has 0 amide bonds. The SMILES string of the molecule is Fc1cccc2c(NC3CCCC3)nc(C(F)(F)F)nc12. The predicted octanol–water partition coefficient (Wildman–Crippen LogP) is 4.14. The average Bonchev–Trinajstić information content (AvgIpc) is 2.91. The van der Waals surface area contributed by atoms with Crippen LogP contribution in [-0.2, 0) is 6.18 Å². The topological polar surface area (TPSA) is 37.8 Å². The molecule has 112 valence electrons. The van der Waals surface area contributed by atoms with Crippen molar-refractivity contribution in [1.82, 2.24) is 9.97 Å². The number of anilines is 1. The molecule has 0 atom stereocenters. The van der Waals surface area contributed by atoms with Gasteiger partial charge >= 0.3 is 6.18 Å². The van der Waals surface area contributed by atoms with Gasteiger partial charge < -0.3 is 5.32 Å². The Morgan fingerprint density at radius 3 is 2.48 bits per heavy atom. The molecule has 1 aliphatic carbocycles. The van der Waals surface area contributed by atoms with E-state index >= 15 is 0 Å². The highest BCUT2D eigenvalue weighted by Crippen LogP contribution is 2.32. The molecule has 0 unspecified atom stereocenters. The van der Waals surface area contributed by atoms with Gasteiger partial charge in [0.15, 0.2) is 0 Å². The number of fused-ring (bicyclic) bond motifs is 1. The highest BCUT2D eigenvalue weighted by molar-refractivity contribution is 5.89. The number of rotatable bonds is 2. The summed E-state index contributed by atoms with van der Waals surface area (Å²) in [5.41, 5.74) is -0.305. The first-order valence-corrected chi connectivity index (χ1v) is 6.75. The molecule has 3 nitrogen and oxygen atoms in total. The summed E-state index contributed by atoms with van der Waals surface area (Å²) in [6.07, 6.45) is -0.894. The number of benzene rings is 1. The fourth-order valence-corrected chi connectivity index (χ4v) is 2.62. The van der Waals surface area contributed by atoms with E-state index in [1.54, 1.807) is 0 Å². The zero-order valence-electron chi connectivity index (χ0n) is 11.0. The smallest absolute Gasteiger partial charge is 0.367 e. The first-order valence-electron chi connectivity index (χ1n) is 6.75. The molecule has 2 aromatic rings. The van der Waals surface area contributed by atoms with Gasteiger partial charge in [0.1, 0.15) is 17.2 Å².